The van der Waals surface area contributed by atoms with Gasteiger partial charge in [-0.1, -0.05) is 53.1 Å². The molecule has 0 aromatic heterocycles. The van der Waals surface area contributed by atoms with Crippen molar-refractivity contribution in [1.82, 2.24) is 0 Å². The first-order valence-corrected chi connectivity index (χ1v) is 7.36. The van der Waals surface area contributed by atoms with Gasteiger partial charge in [0.2, 0.25) is 0 Å². The van der Waals surface area contributed by atoms with E-state index in [2.05, 4.69) is 57.2 Å². The zero-order chi connectivity index (χ0) is 14.3. The first kappa shape index (κ1) is 13.4. The quantitative estimate of drug-likeness (QED) is 0.871. The molecule has 1 atom stereocenters. The number of fused-ring (bicyclic) bond motifs is 1. The van der Waals surface area contributed by atoms with Gasteiger partial charge in [-0.05, 0) is 50.3 Å². The maximum Gasteiger partial charge on any atom is 0.0942 e. The maximum atomic E-state index is 11.1. The first-order valence-electron chi connectivity index (χ1n) is 7.36. The molecule has 2 aromatic rings. The summed E-state index contributed by atoms with van der Waals surface area (Å²) >= 11 is 0. The normalized spacial score (nSPS) is 21.0. The highest BCUT2D eigenvalue weighted by molar-refractivity contribution is 5.42. The largest absolute Gasteiger partial charge is 0.385 e. The van der Waals surface area contributed by atoms with E-state index in [9.17, 15) is 5.11 Å². The van der Waals surface area contributed by atoms with Crippen molar-refractivity contribution in [3.05, 3.63) is 69.8 Å². The molecule has 0 radical (unpaired) electrons. The van der Waals surface area contributed by atoms with Gasteiger partial charge in [-0.25, -0.2) is 0 Å². The van der Waals surface area contributed by atoms with Gasteiger partial charge in [-0.2, -0.15) is 0 Å². The Hall–Kier alpha value is -1.60. The highest BCUT2D eigenvalue weighted by Gasteiger charge is 2.36. The Kier molecular flexibility index (Phi) is 3.18. The molecule has 0 saturated heterocycles. The molecular weight excluding hydrogens is 244 g/mol. The lowest BCUT2D eigenvalue weighted by Crippen LogP contribution is -2.25. The second kappa shape index (κ2) is 4.75. The second-order valence-corrected chi connectivity index (χ2v) is 6.36. The predicted molar refractivity (Wildman–Crippen MR) is 83.0 cm³/mol. The van der Waals surface area contributed by atoms with Crippen molar-refractivity contribution in [2.45, 2.75) is 45.6 Å². The minimum atomic E-state index is -0.693. The van der Waals surface area contributed by atoms with E-state index in [1.54, 1.807) is 0 Å². The van der Waals surface area contributed by atoms with E-state index in [1.807, 2.05) is 0 Å². The Morgan fingerprint density at radius 2 is 1.65 bits per heavy atom. The summed E-state index contributed by atoms with van der Waals surface area (Å²) in [5.41, 5.74) is 6.75. The molecule has 1 aliphatic carbocycles. The third-order valence-electron chi connectivity index (χ3n) is 4.35. The summed E-state index contributed by atoms with van der Waals surface area (Å²) in [7, 11) is 0. The molecule has 0 spiro atoms. The number of hydrogen-bond acceptors (Lipinski definition) is 1. The van der Waals surface area contributed by atoms with Crippen molar-refractivity contribution in [3.8, 4) is 0 Å². The van der Waals surface area contributed by atoms with E-state index >= 15 is 0 Å². The summed E-state index contributed by atoms with van der Waals surface area (Å²) in [6.07, 6.45) is 2.53. The molecule has 1 heteroatoms. The van der Waals surface area contributed by atoms with Crippen LogP contribution in [0.5, 0.6) is 0 Å². The summed E-state index contributed by atoms with van der Waals surface area (Å²) in [5.74, 6) is 0. The molecule has 0 aliphatic heterocycles. The highest BCUT2D eigenvalue weighted by Crippen LogP contribution is 2.40. The van der Waals surface area contributed by atoms with Gasteiger partial charge in [-0.15, -0.1) is 0 Å². The molecule has 1 unspecified atom stereocenters. The summed E-state index contributed by atoms with van der Waals surface area (Å²) in [6.45, 7) is 6.33. The van der Waals surface area contributed by atoms with Crippen molar-refractivity contribution in [2.24, 2.45) is 0 Å². The molecule has 104 valence electrons. The minimum absolute atomic E-state index is 0.693. The monoisotopic (exact) mass is 266 g/mol. The number of rotatable bonds is 2. The molecule has 1 aliphatic rings. The topological polar surface area (TPSA) is 20.2 Å². The molecule has 0 bridgehead atoms. The Morgan fingerprint density at radius 3 is 2.35 bits per heavy atom. The number of aliphatic hydroxyl groups is 1. The van der Waals surface area contributed by atoms with Crippen LogP contribution in [0.3, 0.4) is 0 Å². The fourth-order valence-corrected chi connectivity index (χ4v) is 3.51. The van der Waals surface area contributed by atoms with Crippen molar-refractivity contribution in [2.75, 3.05) is 0 Å². The van der Waals surface area contributed by atoms with Crippen LogP contribution in [-0.2, 0) is 18.4 Å². The van der Waals surface area contributed by atoms with E-state index < -0.39 is 5.60 Å². The fraction of sp³-hybridized carbons (Fsp3) is 0.368. The smallest absolute Gasteiger partial charge is 0.0942 e. The molecule has 1 nitrogen and oxygen atoms in total. The average molecular weight is 266 g/mol. The van der Waals surface area contributed by atoms with Gasteiger partial charge in [0.15, 0.2) is 0 Å². The summed E-state index contributed by atoms with van der Waals surface area (Å²) < 4.78 is 0. The molecule has 2 aromatic carbocycles. The lowest BCUT2D eigenvalue weighted by molar-refractivity contribution is 0.0389. The van der Waals surface area contributed by atoms with Crippen LogP contribution < -0.4 is 0 Å². The highest BCUT2D eigenvalue weighted by atomic mass is 16.3. The molecule has 0 fully saturated rings. The van der Waals surface area contributed by atoms with Crippen LogP contribution in [-0.4, -0.2) is 5.11 Å². The molecule has 0 amide bonds. The van der Waals surface area contributed by atoms with E-state index in [1.165, 1.54) is 27.8 Å². The van der Waals surface area contributed by atoms with E-state index in [0.29, 0.717) is 6.42 Å². The predicted octanol–water partition coefficient (Wildman–Crippen LogP) is 3.99. The van der Waals surface area contributed by atoms with Gasteiger partial charge in [0, 0.05) is 6.42 Å². The van der Waals surface area contributed by atoms with Crippen molar-refractivity contribution in [3.63, 3.8) is 0 Å². The minimum Gasteiger partial charge on any atom is -0.385 e. The van der Waals surface area contributed by atoms with Gasteiger partial charge in [-0.3, -0.25) is 0 Å². The van der Waals surface area contributed by atoms with Gasteiger partial charge >= 0.3 is 0 Å². The fourth-order valence-electron chi connectivity index (χ4n) is 3.51. The van der Waals surface area contributed by atoms with Crippen molar-refractivity contribution < 1.29 is 5.11 Å². The number of aryl methyl sites for hydroxylation is 4. The maximum absolute atomic E-state index is 11.1. The zero-order valence-electron chi connectivity index (χ0n) is 12.5. The number of benzene rings is 2. The molecule has 20 heavy (non-hydrogen) atoms. The van der Waals surface area contributed by atoms with Crippen LogP contribution in [0, 0.1) is 20.8 Å². The summed E-state index contributed by atoms with van der Waals surface area (Å²) in [5, 5.41) is 11.1. The van der Waals surface area contributed by atoms with Crippen LogP contribution in [0.2, 0.25) is 0 Å². The average Bonchev–Trinajstić information content (AvgIpc) is 2.65. The van der Waals surface area contributed by atoms with Gasteiger partial charge in [0.05, 0.1) is 5.60 Å². The van der Waals surface area contributed by atoms with Crippen molar-refractivity contribution in [1.29, 1.82) is 0 Å². The van der Waals surface area contributed by atoms with Gasteiger partial charge in [0.1, 0.15) is 0 Å². The molecule has 1 N–H and O–H groups in total. The third kappa shape index (κ3) is 2.38. The van der Waals surface area contributed by atoms with E-state index in [4.69, 9.17) is 0 Å². The second-order valence-electron chi connectivity index (χ2n) is 6.36. The van der Waals surface area contributed by atoms with Crippen molar-refractivity contribution >= 4 is 0 Å². The lowest BCUT2D eigenvalue weighted by atomic mass is 9.87. The Balaban J connectivity index is 1.97. The van der Waals surface area contributed by atoms with Gasteiger partial charge < -0.3 is 5.11 Å². The lowest BCUT2D eigenvalue weighted by Gasteiger charge is -2.25. The standard InChI is InChI=1S/C19H22O/c1-13-4-5-17-6-7-19(20,18(17)11-13)12-16-9-14(2)8-15(3)10-16/h4-5,8-11,20H,6-7,12H2,1-3H3. The number of hydrogen-bond donors (Lipinski definition) is 1. The zero-order valence-corrected chi connectivity index (χ0v) is 12.5. The summed E-state index contributed by atoms with van der Waals surface area (Å²) in [4.78, 5) is 0. The summed E-state index contributed by atoms with van der Waals surface area (Å²) in [6, 6.07) is 13.0. The SMILES string of the molecule is Cc1cc(C)cc(CC2(O)CCc3ccc(C)cc32)c1. The molecule has 0 heterocycles. The third-order valence-corrected chi connectivity index (χ3v) is 4.35. The molecule has 3 rings (SSSR count). The van der Waals surface area contributed by atoms with Crippen LogP contribution >= 0.6 is 0 Å². The van der Waals surface area contributed by atoms with E-state index in [0.717, 1.165) is 18.4 Å². The van der Waals surface area contributed by atoms with E-state index in [-0.39, 0.29) is 0 Å². The Bertz CT molecular complexity index is 637. The van der Waals surface area contributed by atoms with Crippen LogP contribution in [0.1, 0.15) is 39.8 Å². The molecule has 0 saturated carbocycles. The Labute approximate surface area is 121 Å². The van der Waals surface area contributed by atoms with Crippen LogP contribution in [0.4, 0.5) is 0 Å². The first-order chi connectivity index (χ1) is 9.46. The van der Waals surface area contributed by atoms with Gasteiger partial charge in [0.25, 0.3) is 0 Å². The molecular formula is C19H22O. The van der Waals surface area contributed by atoms with Crippen LogP contribution in [0.25, 0.3) is 0 Å². The van der Waals surface area contributed by atoms with Crippen LogP contribution in [0.15, 0.2) is 36.4 Å². The Morgan fingerprint density at radius 1 is 0.950 bits per heavy atom.